The van der Waals surface area contributed by atoms with Gasteiger partial charge < -0.3 is 21.3 Å². The van der Waals surface area contributed by atoms with Crippen molar-refractivity contribution in [2.24, 2.45) is 5.73 Å². The molecule has 0 heterocycles. The highest BCUT2D eigenvalue weighted by Crippen LogP contribution is 2.08. The van der Waals surface area contributed by atoms with E-state index in [4.69, 9.17) is 10.8 Å². The number of aliphatic carboxylic acids is 1. The summed E-state index contributed by atoms with van der Waals surface area (Å²) < 4.78 is 0. The number of amides is 1. The van der Waals surface area contributed by atoms with E-state index in [2.05, 4.69) is 17.5 Å². The fraction of sp³-hybridized carbons (Fsp3) is 0.438. The molecule has 0 aromatic carbocycles. The third-order valence-electron chi connectivity index (χ3n) is 2.46. The summed E-state index contributed by atoms with van der Waals surface area (Å²) in [6.07, 6.45) is 6.17. The van der Waals surface area contributed by atoms with E-state index in [0.717, 1.165) is 0 Å². The van der Waals surface area contributed by atoms with Crippen molar-refractivity contribution in [1.82, 2.24) is 5.32 Å². The predicted octanol–water partition coefficient (Wildman–Crippen LogP) is 2.61. The number of hydrogen-bond acceptors (Lipinski definition) is 4. The summed E-state index contributed by atoms with van der Waals surface area (Å²) in [4.78, 5) is 23.4. The fourth-order valence-corrected chi connectivity index (χ4v) is 1.59. The van der Waals surface area contributed by atoms with Crippen LogP contribution in [0, 0.1) is 0 Å². The van der Waals surface area contributed by atoms with Gasteiger partial charge in [-0.1, -0.05) is 38.2 Å². The van der Waals surface area contributed by atoms with E-state index in [1.54, 1.807) is 26.0 Å². The number of carboxylic acid groups (broad SMARTS) is 1. The number of rotatable bonds is 8. The molecule has 7 heteroatoms. The number of thiocarbonyl (C=S) groups is 1. The Morgan fingerprint density at radius 3 is 2.09 bits per heavy atom. The minimum Gasteiger partial charge on any atom is -0.507 e. The fourth-order valence-electron chi connectivity index (χ4n) is 1.47. The number of hydrogen-bond donors (Lipinski definition) is 4. The topological polar surface area (TPSA) is 113 Å². The summed E-state index contributed by atoms with van der Waals surface area (Å²) in [5.74, 6) is -2.12. The number of carbonyl (C=O) groups is 2. The van der Waals surface area contributed by atoms with Crippen LogP contribution < -0.4 is 11.1 Å². The van der Waals surface area contributed by atoms with E-state index >= 15 is 0 Å². The van der Waals surface area contributed by atoms with Crippen LogP contribution >= 0.6 is 12.2 Å². The van der Waals surface area contributed by atoms with Crippen LogP contribution in [-0.4, -0.2) is 33.1 Å². The molecular weight excluding hydrogens is 316 g/mol. The number of nitrogens with one attached hydrogen (secondary N) is 1. The molecule has 5 N–H and O–H groups in total. The summed E-state index contributed by atoms with van der Waals surface area (Å²) in [5.41, 5.74) is 5.31. The lowest BCUT2D eigenvalue weighted by molar-refractivity contribution is -0.141. The van der Waals surface area contributed by atoms with Gasteiger partial charge in [0.05, 0.1) is 10.6 Å². The molecular formula is C16H26N2O4S. The van der Waals surface area contributed by atoms with Gasteiger partial charge in [0.25, 0.3) is 5.91 Å². The second-order valence-corrected chi connectivity index (χ2v) is 4.69. The molecule has 0 aliphatic carbocycles. The van der Waals surface area contributed by atoms with Gasteiger partial charge >= 0.3 is 5.97 Å². The minimum atomic E-state index is -1.19. The molecule has 0 aromatic rings. The third-order valence-corrected chi connectivity index (χ3v) is 2.67. The van der Waals surface area contributed by atoms with Crippen molar-refractivity contribution in [3.63, 3.8) is 0 Å². The van der Waals surface area contributed by atoms with Crippen LogP contribution in [0.3, 0.4) is 0 Å². The first-order valence-corrected chi connectivity index (χ1v) is 7.74. The Labute approximate surface area is 142 Å². The number of carboxylic acids is 1. The molecule has 0 saturated heterocycles. The lowest BCUT2D eigenvalue weighted by Crippen LogP contribution is -2.42. The summed E-state index contributed by atoms with van der Waals surface area (Å²) in [5, 5.41) is 21.2. The zero-order valence-corrected chi connectivity index (χ0v) is 14.8. The van der Waals surface area contributed by atoms with Crippen molar-refractivity contribution >= 4 is 29.1 Å². The van der Waals surface area contributed by atoms with Crippen LogP contribution in [0.5, 0.6) is 0 Å². The van der Waals surface area contributed by atoms with E-state index in [1.165, 1.54) is 12.2 Å². The smallest absolute Gasteiger partial charge is 0.326 e. The first kappa shape index (κ1) is 23.1. The molecule has 0 rings (SSSR count). The quantitative estimate of drug-likeness (QED) is 0.233. The van der Waals surface area contributed by atoms with Gasteiger partial charge in [0.1, 0.15) is 11.8 Å². The lowest BCUT2D eigenvalue weighted by Gasteiger charge is -2.15. The molecule has 130 valence electrons. The second kappa shape index (κ2) is 13.5. The number of allylic oxidation sites excluding steroid dienone is 3. The van der Waals surface area contributed by atoms with Crippen LogP contribution in [-0.2, 0) is 9.59 Å². The van der Waals surface area contributed by atoms with Crippen LogP contribution in [0.15, 0.2) is 35.6 Å². The van der Waals surface area contributed by atoms with Gasteiger partial charge in [-0.25, -0.2) is 4.79 Å². The molecule has 0 fully saturated rings. The molecule has 1 unspecified atom stereocenters. The Hall–Kier alpha value is -2.15. The Kier molecular flexibility index (Phi) is 13.6. The van der Waals surface area contributed by atoms with E-state index in [1.807, 2.05) is 13.8 Å². The standard InChI is InChI=1S/C14H20N2O4S.C2H6/c1-3-5-9(11(17)6-4-2)13(18)16-10(14(19)20)7-8-12(15)21;1-2/h3-6,10,17H,7-8H2,1-2H3,(H2,15,21)(H,16,18)(H,19,20);1-2H3/b5-3-,6-4-,11-9-;. The predicted molar refractivity (Wildman–Crippen MR) is 96.2 cm³/mol. The van der Waals surface area contributed by atoms with Gasteiger partial charge in [0, 0.05) is 6.42 Å². The van der Waals surface area contributed by atoms with E-state index in [0.29, 0.717) is 0 Å². The van der Waals surface area contributed by atoms with Crippen molar-refractivity contribution in [1.29, 1.82) is 0 Å². The molecule has 0 aliphatic heterocycles. The molecule has 0 spiro atoms. The van der Waals surface area contributed by atoms with Crippen LogP contribution in [0.1, 0.15) is 40.5 Å². The molecule has 0 radical (unpaired) electrons. The van der Waals surface area contributed by atoms with Crippen LogP contribution in [0.4, 0.5) is 0 Å². The average molecular weight is 342 g/mol. The Balaban J connectivity index is 0. The maximum atomic E-state index is 12.1. The zero-order valence-electron chi connectivity index (χ0n) is 14.0. The maximum absolute atomic E-state index is 12.1. The van der Waals surface area contributed by atoms with Gasteiger partial charge in [-0.15, -0.1) is 0 Å². The first-order valence-electron chi connectivity index (χ1n) is 7.34. The van der Waals surface area contributed by atoms with Crippen molar-refractivity contribution in [2.45, 2.75) is 46.6 Å². The molecule has 6 nitrogen and oxygen atoms in total. The van der Waals surface area contributed by atoms with E-state index in [-0.39, 0.29) is 29.2 Å². The molecule has 1 atom stereocenters. The second-order valence-electron chi connectivity index (χ2n) is 4.17. The lowest BCUT2D eigenvalue weighted by atomic mass is 10.1. The Morgan fingerprint density at radius 1 is 1.17 bits per heavy atom. The minimum absolute atomic E-state index is 0.0165. The van der Waals surface area contributed by atoms with Crippen molar-refractivity contribution in [2.75, 3.05) is 0 Å². The SMILES string of the molecule is CC.C\C=C/C(O)=C(\C=C/C)C(=O)NC(CCC(N)=S)C(=O)O. The van der Waals surface area contributed by atoms with Gasteiger partial charge in [-0.05, 0) is 32.4 Å². The Bertz CT molecular complexity index is 496. The number of aliphatic hydroxyl groups excluding tert-OH is 1. The molecule has 0 bridgehead atoms. The number of nitrogens with two attached hydrogens (primary N) is 1. The summed E-state index contributed by atoms with van der Waals surface area (Å²) in [7, 11) is 0. The first-order chi connectivity index (χ1) is 10.8. The average Bonchev–Trinajstić information content (AvgIpc) is 2.50. The highest BCUT2D eigenvalue weighted by molar-refractivity contribution is 7.80. The van der Waals surface area contributed by atoms with Gasteiger partial charge in [0.15, 0.2) is 0 Å². The molecule has 0 aromatic heterocycles. The maximum Gasteiger partial charge on any atom is 0.326 e. The molecule has 0 saturated carbocycles. The summed E-state index contributed by atoms with van der Waals surface area (Å²) in [6.45, 7) is 7.36. The van der Waals surface area contributed by atoms with Crippen molar-refractivity contribution in [3.05, 3.63) is 35.6 Å². The zero-order chi connectivity index (χ0) is 18.4. The highest BCUT2D eigenvalue weighted by atomic mass is 32.1. The van der Waals surface area contributed by atoms with Crippen LogP contribution in [0.25, 0.3) is 0 Å². The Morgan fingerprint density at radius 2 is 1.70 bits per heavy atom. The van der Waals surface area contributed by atoms with Crippen molar-refractivity contribution < 1.29 is 19.8 Å². The summed E-state index contributed by atoms with van der Waals surface area (Å²) >= 11 is 4.69. The van der Waals surface area contributed by atoms with Crippen molar-refractivity contribution in [3.8, 4) is 0 Å². The third kappa shape index (κ3) is 10.2. The normalized spacial score (nSPS) is 13.0. The number of aliphatic hydroxyl groups is 1. The van der Waals surface area contributed by atoms with E-state index in [9.17, 15) is 14.7 Å². The summed E-state index contributed by atoms with van der Waals surface area (Å²) in [6, 6.07) is -1.13. The van der Waals surface area contributed by atoms with Gasteiger partial charge in [-0.3, -0.25) is 4.79 Å². The van der Waals surface area contributed by atoms with Crippen LogP contribution in [0.2, 0.25) is 0 Å². The molecule has 23 heavy (non-hydrogen) atoms. The molecule has 0 aliphatic rings. The monoisotopic (exact) mass is 342 g/mol. The van der Waals surface area contributed by atoms with Gasteiger partial charge in [0.2, 0.25) is 0 Å². The largest absolute Gasteiger partial charge is 0.507 e. The highest BCUT2D eigenvalue weighted by Gasteiger charge is 2.22. The van der Waals surface area contributed by atoms with E-state index < -0.39 is 17.9 Å². The number of carbonyl (C=O) groups excluding carboxylic acids is 1. The molecule has 1 amide bonds. The van der Waals surface area contributed by atoms with Gasteiger partial charge in [-0.2, -0.15) is 0 Å².